The Labute approximate surface area is 95.9 Å². The topological polar surface area (TPSA) is 46.5 Å². The van der Waals surface area contributed by atoms with Gasteiger partial charge in [-0.05, 0) is 37.5 Å². The van der Waals surface area contributed by atoms with Crippen LogP contribution in [0.2, 0.25) is 0 Å². The first-order valence-corrected chi connectivity index (χ1v) is 5.82. The summed E-state index contributed by atoms with van der Waals surface area (Å²) in [7, 11) is 0. The third-order valence-electron chi connectivity index (χ3n) is 4.65. The summed E-state index contributed by atoms with van der Waals surface area (Å²) >= 11 is 0. The number of hydrogen-bond acceptors (Lipinski definition) is 3. The highest BCUT2D eigenvalue weighted by atomic mass is 19.4. The van der Waals surface area contributed by atoms with E-state index < -0.39 is 23.9 Å². The lowest BCUT2D eigenvalue weighted by Gasteiger charge is -2.33. The third kappa shape index (κ3) is 1.42. The van der Waals surface area contributed by atoms with Crippen LogP contribution in [0.15, 0.2) is 0 Å². The van der Waals surface area contributed by atoms with Crippen molar-refractivity contribution in [1.82, 2.24) is 0 Å². The van der Waals surface area contributed by atoms with Crippen LogP contribution >= 0.6 is 0 Å². The maximum absolute atomic E-state index is 12.2. The van der Waals surface area contributed by atoms with E-state index in [9.17, 15) is 23.1 Å². The molecule has 3 aliphatic carbocycles. The number of carbonyl (C=O) groups is 1. The van der Waals surface area contributed by atoms with Crippen molar-refractivity contribution in [3.63, 3.8) is 0 Å². The number of aliphatic hydroxyl groups is 1. The molecule has 3 saturated carbocycles. The molecule has 0 spiro atoms. The van der Waals surface area contributed by atoms with E-state index in [0.717, 1.165) is 12.8 Å². The number of halogens is 3. The van der Waals surface area contributed by atoms with E-state index in [1.54, 1.807) is 0 Å². The summed E-state index contributed by atoms with van der Waals surface area (Å²) < 4.78 is 41.4. The molecule has 2 bridgehead atoms. The van der Waals surface area contributed by atoms with Crippen LogP contribution in [0, 0.1) is 17.8 Å². The van der Waals surface area contributed by atoms with Crippen molar-refractivity contribution in [1.29, 1.82) is 0 Å². The van der Waals surface area contributed by atoms with E-state index in [2.05, 4.69) is 0 Å². The minimum Gasteiger partial charge on any atom is -0.452 e. The number of aliphatic hydroxyl groups excluding tert-OH is 1. The van der Waals surface area contributed by atoms with Gasteiger partial charge in [0.15, 0.2) is 0 Å². The van der Waals surface area contributed by atoms with Gasteiger partial charge in [0.1, 0.15) is 5.60 Å². The highest BCUT2D eigenvalue weighted by Crippen LogP contribution is 2.63. The Balaban J connectivity index is 1.82. The van der Waals surface area contributed by atoms with Gasteiger partial charge in [-0.3, -0.25) is 0 Å². The van der Waals surface area contributed by atoms with E-state index >= 15 is 0 Å². The number of rotatable bonds is 1. The molecule has 0 aromatic carbocycles. The molecule has 0 heterocycles. The molecule has 0 radical (unpaired) electrons. The van der Waals surface area contributed by atoms with E-state index in [0.29, 0.717) is 12.8 Å². The largest absolute Gasteiger partial charge is 0.490 e. The summed E-state index contributed by atoms with van der Waals surface area (Å²) in [5, 5.41) is 9.92. The first-order valence-electron chi connectivity index (χ1n) is 5.82. The molecule has 0 aliphatic heterocycles. The van der Waals surface area contributed by atoms with E-state index in [-0.39, 0.29) is 17.8 Å². The van der Waals surface area contributed by atoms with Crippen LogP contribution in [0.3, 0.4) is 0 Å². The molecule has 3 rings (SSSR count). The van der Waals surface area contributed by atoms with Gasteiger partial charge in [-0.2, -0.15) is 13.2 Å². The molecule has 1 N–H and O–H groups in total. The zero-order valence-corrected chi connectivity index (χ0v) is 9.04. The molecule has 96 valence electrons. The van der Waals surface area contributed by atoms with Crippen molar-refractivity contribution in [2.75, 3.05) is 0 Å². The summed E-state index contributed by atoms with van der Waals surface area (Å²) in [6.07, 6.45) is -3.09. The van der Waals surface area contributed by atoms with Gasteiger partial charge in [0.2, 0.25) is 0 Å². The van der Waals surface area contributed by atoms with Gasteiger partial charge >= 0.3 is 12.1 Å². The summed E-state index contributed by atoms with van der Waals surface area (Å²) in [5.74, 6) is -2.16. The van der Waals surface area contributed by atoms with Gasteiger partial charge in [0.25, 0.3) is 0 Å². The molecular formula is C11H13F3O3. The quantitative estimate of drug-likeness (QED) is 0.720. The molecule has 5 atom stereocenters. The Morgan fingerprint density at radius 2 is 2.06 bits per heavy atom. The maximum atomic E-state index is 12.2. The van der Waals surface area contributed by atoms with Crippen molar-refractivity contribution in [3.05, 3.63) is 0 Å². The van der Waals surface area contributed by atoms with Crippen LogP contribution in [0.1, 0.15) is 25.7 Å². The molecule has 6 heteroatoms. The zero-order chi connectivity index (χ0) is 12.4. The number of esters is 1. The first-order chi connectivity index (χ1) is 7.83. The Bertz CT molecular complexity index is 365. The second-order valence-corrected chi connectivity index (χ2v) is 5.47. The van der Waals surface area contributed by atoms with Gasteiger partial charge in [-0.25, -0.2) is 4.79 Å². The lowest BCUT2D eigenvalue weighted by Crippen LogP contribution is -2.43. The number of carbonyl (C=O) groups excluding carboxylic acids is 1. The van der Waals surface area contributed by atoms with Crippen LogP contribution in [-0.2, 0) is 9.53 Å². The molecule has 3 nitrogen and oxygen atoms in total. The molecule has 0 aromatic rings. The van der Waals surface area contributed by atoms with Crippen LogP contribution in [-0.4, -0.2) is 29.0 Å². The fraction of sp³-hybridized carbons (Fsp3) is 0.909. The predicted molar refractivity (Wildman–Crippen MR) is 49.8 cm³/mol. The average molecular weight is 250 g/mol. The van der Waals surface area contributed by atoms with Gasteiger partial charge in [0.05, 0.1) is 6.10 Å². The fourth-order valence-electron chi connectivity index (χ4n) is 4.17. The average Bonchev–Trinajstić information content (AvgIpc) is 2.71. The van der Waals surface area contributed by atoms with Crippen molar-refractivity contribution in [3.8, 4) is 0 Å². The smallest absolute Gasteiger partial charge is 0.452 e. The summed E-state index contributed by atoms with van der Waals surface area (Å²) in [4.78, 5) is 11.0. The molecule has 0 saturated heterocycles. The minimum absolute atomic E-state index is 0.00790. The van der Waals surface area contributed by atoms with E-state index in [1.807, 2.05) is 0 Å². The fourth-order valence-corrected chi connectivity index (χ4v) is 4.17. The number of ether oxygens (including phenoxy) is 1. The summed E-state index contributed by atoms with van der Waals surface area (Å²) in [6, 6.07) is 0. The van der Waals surface area contributed by atoms with Crippen LogP contribution in [0.5, 0.6) is 0 Å². The Morgan fingerprint density at radius 3 is 2.65 bits per heavy atom. The van der Waals surface area contributed by atoms with Crippen molar-refractivity contribution in [2.24, 2.45) is 17.8 Å². The molecule has 3 fully saturated rings. The number of fused-ring (bicyclic) bond motifs is 1. The number of alkyl halides is 3. The third-order valence-corrected chi connectivity index (χ3v) is 4.65. The second-order valence-electron chi connectivity index (χ2n) is 5.47. The van der Waals surface area contributed by atoms with Gasteiger partial charge < -0.3 is 9.84 Å². The predicted octanol–water partition coefficient (Wildman–Crippen LogP) is 1.64. The Hall–Kier alpha value is -0.780. The lowest BCUT2D eigenvalue weighted by molar-refractivity contribution is -0.217. The highest BCUT2D eigenvalue weighted by molar-refractivity contribution is 5.76. The maximum Gasteiger partial charge on any atom is 0.490 e. The summed E-state index contributed by atoms with van der Waals surface area (Å²) in [6.45, 7) is 0. The van der Waals surface area contributed by atoms with Gasteiger partial charge in [0, 0.05) is 5.92 Å². The summed E-state index contributed by atoms with van der Waals surface area (Å²) in [5.41, 5.74) is -1.04. The van der Waals surface area contributed by atoms with E-state index in [4.69, 9.17) is 4.74 Å². The van der Waals surface area contributed by atoms with Crippen molar-refractivity contribution in [2.45, 2.75) is 43.6 Å². The molecular weight excluding hydrogens is 237 g/mol. The van der Waals surface area contributed by atoms with Crippen molar-refractivity contribution >= 4 is 5.97 Å². The van der Waals surface area contributed by atoms with Gasteiger partial charge in [-0.15, -0.1) is 0 Å². The highest BCUT2D eigenvalue weighted by Gasteiger charge is 2.67. The molecule has 1 unspecified atom stereocenters. The molecule has 17 heavy (non-hydrogen) atoms. The molecule has 3 aliphatic rings. The van der Waals surface area contributed by atoms with Gasteiger partial charge in [-0.1, -0.05) is 0 Å². The Kier molecular flexibility index (Phi) is 2.10. The zero-order valence-electron chi connectivity index (χ0n) is 9.04. The van der Waals surface area contributed by atoms with Crippen molar-refractivity contribution < 1.29 is 27.8 Å². The van der Waals surface area contributed by atoms with E-state index in [1.165, 1.54) is 0 Å². The first kappa shape index (κ1) is 11.3. The molecule has 0 aromatic heterocycles. The van der Waals surface area contributed by atoms with Crippen LogP contribution in [0.25, 0.3) is 0 Å². The number of hydrogen-bond donors (Lipinski definition) is 1. The monoisotopic (exact) mass is 250 g/mol. The SMILES string of the molecule is O=C(O[C@]12CC[C@@H]3C[C@H](C1)C(O)[C@@H]32)C(F)(F)F. The Morgan fingerprint density at radius 1 is 1.35 bits per heavy atom. The van der Waals surface area contributed by atoms with Crippen LogP contribution in [0.4, 0.5) is 13.2 Å². The second kappa shape index (κ2) is 3.16. The standard InChI is InChI=1S/C11H13F3O3/c12-11(13,14)9(16)17-10-2-1-5-3-6(4-10)8(15)7(5)10/h5-8,15H,1-4H2/t5-,6-,7-,8?,10-/m1/s1. The minimum atomic E-state index is -4.94. The normalized spacial score (nSPS) is 47.5. The van der Waals surface area contributed by atoms with Crippen LogP contribution < -0.4 is 0 Å². The molecule has 0 amide bonds. The lowest BCUT2D eigenvalue weighted by atomic mass is 9.85.